The predicted octanol–water partition coefficient (Wildman–Crippen LogP) is 3.55. The molecule has 1 fully saturated rings. The molecule has 0 unspecified atom stereocenters. The summed E-state index contributed by atoms with van der Waals surface area (Å²) in [6, 6.07) is 7.01. The van der Waals surface area contributed by atoms with E-state index in [2.05, 4.69) is 62.3 Å². The number of rotatable bonds is 2. The molecule has 0 saturated carbocycles. The highest BCUT2D eigenvalue weighted by Crippen LogP contribution is 2.27. The van der Waals surface area contributed by atoms with Crippen LogP contribution in [-0.2, 0) is 0 Å². The summed E-state index contributed by atoms with van der Waals surface area (Å²) in [6.07, 6.45) is 6.48. The van der Waals surface area contributed by atoms with Crippen LogP contribution in [0.25, 0.3) is 11.1 Å². The van der Waals surface area contributed by atoms with E-state index in [-0.39, 0.29) is 0 Å². The highest BCUT2D eigenvalue weighted by Gasteiger charge is 2.16. The minimum absolute atomic E-state index is 0.545. The van der Waals surface area contributed by atoms with Gasteiger partial charge in [-0.05, 0) is 50.0 Å². The number of hydrogen-bond acceptors (Lipinski definition) is 2. The lowest BCUT2D eigenvalue weighted by Crippen LogP contribution is -2.29. The van der Waals surface area contributed by atoms with Crippen molar-refractivity contribution in [3.05, 3.63) is 40.6 Å². The van der Waals surface area contributed by atoms with Gasteiger partial charge in [-0.1, -0.05) is 28.1 Å². The summed E-state index contributed by atoms with van der Waals surface area (Å²) in [7, 11) is 0. The second kappa shape index (κ2) is 5.47. The summed E-state index contributed by atoms with van der Waals surface area (Å²) >= 11 is 3.59. The average Bonchev–Trinajstić information content (AvgIpc) is 2.93. The standard InChI is InChI=1S/C15H18BrN3/c1-11-2-3-12(8-15(11)16)13-9-18-19(10-13)14-4-6-17-7-5-14/h2-3,8-10,14,17H,4-7H2,1H3. The molecule has 0 spiro atoms. The molecule has 1 aliphatic heterocycles. The van der Waals surface area contributed by atoms with Crippen LogP contribution >= 0.6 is 15.9 Å². The monoisotopic (exact) mass is 319 g/mol. The average molecular weight is 320 g/mol. The number of piperidine rings is 1. The van der Waals surface area contributed by atoms with E-state index in [1.54, 1.807) is 0 Å². The Kier molecular flexibility index (Phi) is 3.71. The van der Waals surface area contributed by atoms with Gasteiger partial charge in [-0.25, -0.2) is 0 Å². The first-order valence-electron chi connectivity index (χ1n) is 6.75. The Morgan fingerprint density at radius 3 is 2.79 bits per heavy atom. The third kappa shape index (κ3) is 2.74. The minimum Gasteiger partial charge on any atom is -0.317 e. The molecule has 0 amide bonds. The van der Waals surface area contributed by atoms with Crippen LogP contribution in [0.2, 0.25) is 0 Å². The maximum absolute atomic E-state index is 4.54. The van der Waals surface area contributed by atoms with Crippen LogP contribution < -0.4 is 5.32 Å². The van der Waals surface area contributed by atoms with Crippen LogP contribution in [0.4, 0.5) is 0 Å². The SMILES string of the molecule is Cc1ccc(-c2cnn(C3CCNCC3)c2)cc1Br. The van der Waals surface area contributed by atoms with Gasteiger partial charge >= 0.3 is 0 Å². The third-order valence-electron chi connectivity index (χ3n) is 3.79. The highest BCUT2D eigenvalue weighted by atomic mass is 79.9. The number of benzene rings is 1. The first-order chi connectivity index (χ1) is 9.24. The van der Waals surface area contributed by atoms with Crippen LogP contribution in [0.5, 0.6) is 0 Å². The highest BCUT2D eigenvalue weighted by molar-refractivity contribution is 9.10. The summed E-state index contributed by atoms with van der Waals surface area (Å²) in [6.45, 7) is 4.29. The summed E-state index contributed by atoms with van der Waals surface area (Å²) in [5, 5.41) is 7.93. The third-order valence-corrected chi connectivity index (χ3v) is 4.64. The van der Waals surface area contributed by atoms with Crippen LogP contribution in [-0.4, -0.2) is 22.9 Å². The molecule has 3 rings (SSSR count). The molecule has 100 valence electrons. The van der Waals surface area contributed by atoms with Gasteiger partial charge in [-0.15, -0.1) is 0 Å². The van der Waals surface area contributed by atoms with E-state index in [4.69, 9.17) is 0 Å². The van der Waals surface area contributed by atoms with Gasteiger partial charge in [0.25, 0.3) is 0 Å². The first-order valence-corrected chi connectivity index (χ1v) is 7.55. The summed E-state index contributed by atoms with van der Waals surface area (Å²) in [5.41, 5.74) is 3.67. The van der Waals surface area contributed by atoms with Crippen molar-refractivity contribution >= 4 is 15.9 Å². The molecule has 2 aromatic rings. The molecule has 2 heterocycles. The van der Waals surface area contributed by atoms with E-state index in [0.29, 0.717) is 6.04 Å². The summed E-state index contributed by atoms with van der Waals surface area (Å²) in [5.74, 6) is 0. The van der Waals surface area contributed by atoms with Crippen LogP contribution in [0.15, 0.2) is 35.1 Å². The zero-order chi connectivity index (χ0) is 13.2. The molecule has 0 atom stereocenters. The molecule has 19 heavy (non-hydrogen) atoms. The Hall–Kier alpha value is -1.13. The molecule has 1 aromatic heterocycles. The summed E-state index contributed by atoms with van der Waals surface area (Å²) < 4.78 is 3.28. The number of halogens is 1. The molecule has 4 heteroatoms. The molecule has 0 bridgehead atoms. The minimum atomic E-state index is 0.545. The van der Waals surface area contributed by atoms with E-state index >= 15 is 0 Å². The lowest BCUT2D eigenvalue weighted by Gasteiger charge is -2.22. The number of aryl methyl sites for hydroxylation is 1. The number of nitrogens with zero attached hydrogens (tertiary/aromatic N) is 2. The zero-order valence-corrected chi connectivity index (χ0v) is 12.7. The molecule has 1 aliphatic rings. The Bertz CT molecular complexity index is 571. The van der Waals surface area contributed by atoms with Gasteiger partial charge in [0.05, 0.1) is 12.2 Å². The maximum Gasteiger partial charge on any atom is 0.0568 e. The Balaban J connectivity index is 1.85. The maximum atomic E-state index is 4.54. The fourth-order valence-electron chi connectivity index (χ4n) is 2.53. The van der Waals surface area contributed by atoms with Crippen LogP contribution in [0, 0.1) is 6.92 Å². The van der Waals surface area contributed by atoms with Gasteiger partial charge in [0.1, 0.15) is 0 Å². The van der Waals surface area contributed by atoms with E-state index in [0.717, 1.165) is 17.6 Å². The number of aromatic nitrogens is 2. The smallest absolute Gasteiger partial charge is 0.0568 e. The van der Waals surface area contributed by atoms with E-state index in [1.165, 1.54) is 29.5 Å². The van der Waals surface area contributed by atoms with Crippen LogP contribution in [0.3, 0.4) is 0 Å². The number of nitrogens with one attached hydrogen (secondary N) is 1. The Labute approximate surface area is 122 Å². The predicted molar refractivity (Wildman–Crippen MR) is 81.2 cm³/mol. The molecule has 0 radical (unpaired) electrons. The van der Waals surface area contributed by atoms with E-state index < -0.39 is 0 Å². The van der Waals surface area contributed by atoms with Gasteiger partial charge in [0.15, 0.2) is 0 Å². The number of hydrogen-bond donors (Lipinski definition) is 1. The molecule has 3 nitrogen and oxygen atoms in total. The van der Waals surface area contributed by atoms with Crippen molar-refractivity contribution in [1.29, 1.82) is 0 Å². The largest absolute Gasteiger partial charge is 0.317 e. The van der Waals surface area contributed by atoms with Crippen molar-refractivity contribution in [2.45, 2.75) is 25.8 Å². The van der Waals surface area contributed by atoms with Crippen molar-refractivity contribution in [3.8, 4) is 11.1 Å². The molecule has 0 aliphatic carbocycles. The molecule has 1 saturated heterocycles. The van der Waals surface area contributed by atoms with Crippen molar-refractivity contribution in [2.24, 2.45) is 0 Å². The van der Waals surface area contributed by atoms with E-state index in [9.17, 15) is 0 Å². The topological polar surface area (TPSA) is 29.9 Å². The molecule has 1 N–H and O–H groups in total. The molecule has 1 aromatic carbocycles. The quantitative estimate of drug-likeness (QED) is 0.917. The zero-order valence-electron chi connectivity index (χ0n) is 11.1. The van der Waals surface area contributed by atoms with Gasteiger partial charge < -0.3 is 5.32 Å². The lowest BCUT2D eigenvalue weighted by atomic mass is 10.1. The van der Waals surface area contributed by atoms with Gasteiger partial charge in [0, 0.05) is 16.2 Å². The first kappa shape index (κ1) is 12.9. The van der Waals surface area contributed by atoms with E-state index in [1.807, 2.05) is 6.20 Å². The fourth-order valence-corrected chi connectivity index (χ4v) is 2.91. The van der Waals surface area contributed by atoms with Gasteiger partial charge in [-0.3, -0.25) is 4.68 Å². The summed E-state index contributed by atoms with van der Waals surface area (Å²) in [4.78, 5) is 0. The van der Waals surface area contributed by atoms with Crippen molar-refractivity contribution in [3.63, 3.8) is 0 Å². The Morgan fingerprint density at radius 2 is 2.05 bits per heavy atom. The van der Waals surface area contributed by atoms with Gasteiger partial charge in [-0.2, -0.15) is 5.10 Å². The lowest BCUT2D eigenvalue weighted by molar-refractivity contribution is 0.343. The van der Waals surface area contributed by atoms with Crippen molar-refractivity contribution < 1.29 is 0 Å². The molecular weight excluding hydrogens is 302 g/mol. The van der Waals surface area contributed by atoms with Gasteiger partial charge in [0.2, 0.25) is 0 Å². The Morgan fingerprint density at radius 1 is 1.26 bits per heavy atom. The second-order valence-corrected chi connectivity index (χ2v) is 6.01. The fraction of sp³-hybridized carbons (Fsp3) is 0.400. The normalized spacial score (nSPS) is 16.7. The van der Waals surface area contributed by atoms with Crippen molar-refractivity contribution in [2.75, 3.05) is 13.1 Å². The van der Waals surface area contributed by atoms with Crippen LogP contribution in [0.1, 0.15) is 24.4 Å². The second-order valence-electron chi connectivity index (χ2n) is 5.15. The molecular formula is C15H18BrN3. The van der Waals surface area contributed by atoms with Crippen molar-refractivity contribution in [1.82, 2.24) is 15.1 Å².